The molecule has 0 saturated carbocycles. The summed E-state index contributed by atoms with van der Waals surface area (Å²) in [4.78, 5) is 12.4. The summed E-state index contributed by atoms with van der Waals surface area (Å²) in [7, 11) is 1.83. The second-order valence-corrected chi connectivity index (χ2v) is 4.56. The molecule has 0 heterocycles. The summed E-state index contributed by atoms with van der Waals surface area (Å²) in [6, 6.07) is 4.25. The zero-order valence-corrected chi connectivity index (χ0v) is 11.0. The first-order chi connectivity index (χ1) is 8.88. The van der Waals surface area contributed by atoms with Gasteiger partial charge in [0.2, 0.25) is 0 Å². The number of aliphatic hydroxyl groups excluding tert-OH is 1. The summed E-state index contributed by atoms with van der Waals surface area (Å²) in [5.41, 5.74) is 1.34. The molecule has 1 aromatic rings. The van der Waals surface area contributed by atoms with E-state index in [0.717, 1.165) is 11.6 Å². The van der Waals surface area contributed by atoms with Crippen molar-refractivity contribution in [3.63, 3.8) is 0 Å². The fourth-order valence-corrected chi connectivity index (χ4v) is 1.83. The van der Waals surface area contributed by atoms with Crippen LogP contribution in [-0.2, 0) is 11.3 Å². The molecule has 0 amide bonds. The Morgan fingerprint density at radius 3 is 2.79 bits per heavy atom. The number of carboxylic acid groups (broad SMARTS) is 1. The number of benzene rings is 1. The van der Waals surface area contributed by atoms with Crippen LogP contribution in [0.25, 0.3) is 6.08 Å². The average Bonchev–Trinajstić information content (AvgIpc) is 2.28. The first kappa shape index (κ1) is 15.3. The smallest absolute Gasteiger partial charge is 0.328 e. The minimum absolute atomic E-state index is 0.410. The second-order valence-electron chi connectivity index (χ2n) is 4.56. The monoisotopic (exact) mass is 267 g/mol. The maximum absolute atomic E-state index is 13.2. The first-order valence-corrected chi connectivity index (χ1v) is 5.94. The van der Waals surface area contributed by atoms with E-state index >= 15 is 0 Å². The third-order valence-corrected chi connectivity index (χ3v) is 2.53. The molecule has 0 aliphatic rings. The van der Waals surface area contributed by atoms with Gasteiger partial charge < -0.3 is 10.2 Å². The van der Waals surface area contributed by atoms with Gasteiger partial charge in [0.25, 0.3) is 0 Å². The van der Waals surface area contributed by atoms with Crippen molar-refractivity contribution in [2.45, 2.75) is 19.6 Å². The Balaban J connectivity index is 2.90. The molecule has 0 spiro atoms. The van der Waals surface area contributed by atoms with E-state index < -0.39 is 17.9 Å². The molecule has 5 heteroatoms. The lowest BCUT2D eigenvalue weighted by molar-refractivity contribution is -0.131. The van der Waals surface area contributed by atoms with Gasteiger partial charge >= 0.3 is 5.97 Å². The van der Waals surface area contributed by atoms with Crippen LogP contribution in [0.1, 0.15) is 18.1 Å². The number of carboxylic acids is 1. The largest absolute Gasteiger partial charge is 0.478 e. The van der Waals surface area contributed by atoms with Crippen LogP contribution in [0.2, 0.25) is 0 Å². The Labute approximate surface area is 111 Å². The number of rotatable bonds is 6. The van der Waals surface area contributed by atoms with Gasteiger partial charge in [-0.1, -0.05) is 6.07 Å². The van der Waals surface area contributed by atoms with Crippen molar-refractivity contribution < 1.29 is 19.4 Å². The number of halogens is 1. The predicted octanol–water partition coefficient (Wildman–Crippen LogP) is 1.74. The molecule has 104 valence electrons. The van der Waals surface area contributed by atoms with Crippen LogP contribution in [0.3, 0.4) is 0 Å². The zero-order valence-electron chi connectivity index (χ0n) is 11.0. The molecule has 0 fully saturated rings. The highest BCUT2D eigenvalue weighted by atomic mass is 19.1. The van der Waals surface area contributed by atoms with Gasteiger partial charge in [0, 0.05) is 19.2 Å². The molecule has 19 heavy (non-hydrogen) atoms. The highest BCUT2D eigenvalue weighted by Gasteiger charge is 2.07. The molecule has 1 aromatic carbocycles. The van der Waals surface area contributed by atoms with Crippen LogP contribution in [0, 0.1) is 5.82 Å². The third-order valence-electron chi connectivity index (χ3n) is 2.53. The molecular weight excluding hydrogens is 249 g/mol. The van der Waals surface area contributed by atoms with Crippen molar-refractivity contribution in [2.24, 2.45) is 0 Å². The highest BCUT2D eigenvalue weighted by Crippen LogP contribution is 2.15. The highest BCUT2D eigenvalue weighted by molar-refractivity contribution is 5.85. The standard InChI is InChI=1S/C14H18FNO3/c1-10(17)8-16(2)9-12-3-5-13(15)7-11(12)4-6-14(18)19/h3-7,10,17H,8-9H2,1-2H3,(H,18,19)/b6-4+. The minimum atomic E-state index is -1.08. The third kappa shape index (κ3) is 5.63. The van der Waals surface area contributed by atoms with Gasteiger partial charge in [0.1, 0.15) is 5.82 Å². The molecular formula is C14H18FNO3. The van der Waals surface area contributed by atoms with Gasteiger partial charge in [0.05, 0.1) is 6.10 Å². The number of nitrogens with zero attached hydrogens (tertiary/aromatic N) is 1. The quantitative estimate of drug-likeness (QED) is 0.771. The van der Waals surface area contributed by atoms with Gasteiger partial charge in [-0.05, 0) is 43.3 Å². The van der Waals surface area contributed by atoms with Crippen molar-refractivity contribution in [2.75, 3.05) is 13.6 Å². The molecule has 0 bridgehead atoms. The minimum Gasteiger partial charge on any atom is -0.478 e. The number of aliphatic carboxylic acids is 1. The summed E-state index contributed by atoms with van der Waals surface area (Å²) >= 11 is 0. The number of carbonyl (C=O) groups is 1. The summed E-state index contributed by atoms with van der Waals surface area (Å²) < 4.78 is 13.2. The lowest BCUT2D eigenvalue weighted by Gasteiger charge is -2.19. The molecule has 0 aliphatic heterocycles. The van der Waals surface area contributed by atoms with E-state index in [2.05, 4.69) is 0 Å². The van der Waals surface area contributed by atoms with E-state index in [1.54, 1.807) is 13.0 Å². The van der Waals surface area contributed by atoms with E-state index in [4.69, 9.17) is 5.11 Å². The fourth-order valence-electron chi connectivity index (χ4n) is 1.83. The fraction of sp³-hybridized carbons (Fsp3) is 0.357. The Morgan fingerprint density at radius 2 is 2.21 bits per heavy atom. The number of hydrogen-bond donors (Lipinski definition) is 2. The van der Waals surface area contributed by atoms with Crippen molar-refractivity contribution in [3.05, 3.63) is 41.2 Å². The van der Waals surface area contributed by atoms with Crippen molar-refractivity contribution in [1.82, 2.24) is 4.90 Å². The number of likely N-dealkylation sites (N-methyl/N-ethyl adjacent to an activating group) is 1. The lowest BCUT2D eigenvalue weighted by atomic mass is 10.1. The first-order valence-electron chi connectivity index (χ1n) is 5.94. The van der Waals surface area contributed by atoms with Crippen molar-refractivity contribution in [1.29, 1.82) is 0 Å². The van der Waals surface area contributed by atoms with Crippen LogP contribution in [0.5, 0.6) is 0 Å². The van der Waals surface area contributed by atoms with Crippen LogP contribution in [0.4, 0.5) is 4.39 Å². The zero-order chi connectivity index (χ0) is 14.4. The molecule has 0 radical (unpaired) electrons. The van der Waals surface area contributed by atoms with Gasteiger partial charge in [0.15, 0.2) is 0 Å². The molecule has 2 N–H and O–H groups in total. The molecule has 1 rings (SSSR count). The molecule has 0 saturated heterocycles. The van der Waals surface area contributed by atoms with E-state index in [1.165, 1.54) is 18.2 Å². The maximum Gasteiger partial charge on any atom is 0.328 e. The second kappa shape index (κ2) is 7.01. The summed E-state index contributed by atoms with van der Waals surface area (Å²) in [5.74, 6) is -1.49. The van der Waals surface area contributed by atoms with Crippen molar-refractivity contribution in [3.8, 4) is 0 Å². The maximum atomic E-state index is 13.2. The van der Waals surface area contributed by atoms with E-state index in [0.29, 0.717) is 18.7 Å². The molecule has 4 nitrogen and oxygen atoms in total. The van der Waals surface area contributed by atoms with Gasteiger partial charge in [-0.25, -0.2) is 9.18 Å². The predicted molar refractivity (Wildman–Crippen MR) is 71.1 cm³/mol. The topological polar surface area (TPSA) is 60.8 Å². The van der Waals surface area contributed by atoms with Crippen LogP contribution in [-0.4, -0.2) is 40.8 Å². The Kier molecular flexibility index (Phi) is 5.66. The number of hydrogen-bond acceptors (Lipinski definition) is 3. The van der Waals surface area contributed by atoms with Crippen molar-refractivity contribution >= 4 is 12.0 Å². The van der Waals surface area contributed by atoms with Gasteiger partial charge in [-0.3, -0.25) is 4.90 Å². The van der Waals surface area contributed by atoms with E-state index in [-0.39, 0.29) is 0 Å². The summed E-state index contributed by atoms with van der Waals surface area (Å²) in [6.07, 6.45) is 1.90. The lowest BCUT2D eigenvalue weighted by Crippen LogP contribution is -2.27. The number of aliphatic hydroxyl groups is 1. The van der Waals surface area contributed by atoms with Crippen LogP contribution in [0.15, 0.2) is 24.3 Å². The Hall–Kier alpha value is -1.72. The van der Waals surface area contributed by atoms with Crippen LogP contribution < -0.4 is 0 Å². The molecule has 0 aliphatic carbocycles. The van der Waals surface area contributed by atoms with E-state index in [1.807, 2.05) is 11.9 Å². The Bertz CT molecular complexity index is 472. The average molecular weight is 267 g/mol. The SMILES string of the molecule is CC(O)CN(C)Cc1ccc(F)cc1/C=C/C(=O)O. The summed E-state index contributed by atoms with van der Waals surface area (Å²) in [5, 5.41) is 17.9. The molecule has 1 unspecified atom stereocenters. The molecule has 0 aromatic heterocycles. The van der Waals surface area contributed by atoms with E-state index in [9.17, 15) is 14.3 Å². The summed E-state index contributed by atoms with van der Waals surface area (Å²) in [6.45, 7) is 2.68. The Morgan fingerprint density at radius 1 is 1.53 bits per heavy atom. The normalized spacial score (nSPS) is 13.1. The van der Waals surface area contributed by atoms with Gasteiger partial charge in [-0.2, -0.15) is 0 Å². The van der Waals surface area contributed by atoms with Gasteiger partial charge in [-0.15, -0.1) is 0 Å². The molecule has 1 atom stereocenters. The van der Waals surface area contributed by atoms with Crippen LogP contribution >= 0.6 is 0 Å².